The third-order valence-electron chi connectivity index (χ3n) is 8.71. The van der Waals surface area contributed by atoms with Gasteiger partial charge in [0, 0.05) is 33.0 Å². The summed E-state index contributed by atoms with van der Waals surface area (Å²) in [7, 11) is 0. The van der Waals surface area contributed by atoms with Crippen LogP contribution < -0.4 is 0 Å². The molecule has 2 heterocycles. The summed E-state index contributed by atoms with van der Waals surface area (Å²) in [4.78, 5) is 10.0. The molecule has 0 saturated heterocycles. The van der Waals surface area contributed by atoms with Crippen LogP contribution in [0.2, 0.25) is 0 Å². The first-order valence-electron chi connectivity index (χ1n) is 14.3. The number of hydrogen-bond acceptors (Lipinski definition) is 2. The van der Waals surface area contributed by atoms with Crippen molar-refractivity contribution in [1.29, 1.82) is 0 Å². The first-order chi connectivity index (χ1) is 20.3. The van der Waals surface area contributed by atoms with E-state index in [1.807, 2.05) is 18.2 Å². The van der Waals surface area contributed by atoms with Crippen LogP contribution in [0.4, 0.5) is 0 Å². The molecule has 0 fully saturated rings. The van der Waals surface area contributed by atoms with Gasteiger partial charge in [0.2, 0.25) is 0 Å². The van der Waals surface area contributed by atoms with E-state index >= 15 is 0 Å². The number of benzene rings is 6. The number of aryl methyl sites for hydroxylation is 1. The SMILES string of the molecule is CCc1ccc2c3c1-c1cccc4ccc(c3c14)n2-c1ccc(-c2nc(-c3ccccc3)c3ccccc3n2)cc1. The summed E-state index contributed by atoms with van der Waals surface area (Å²) >= 11 is 0. The maximum absolute atomic E-state index is 5.08. The van der Waals surface area contributed by atoms with Gasteiger partial charge in [-0.25, -0.2) is 9.97 Å². The van der Waals surface area contributed by atoms with Gasteiger partial charge in [-0.1, -0.05) is 85.8 Å². The van der Waals surface area contributed by atoms with E-state index in [2.05, 4.69) is 115 Å². The van der Waals surface area contributed by atoms with Crippen molar-refractivity contribution in [2.45, 2.75) is 13.3 Å². The van der Waals surface area contributed by atoms with Gasteiger partial charge in [-0.05, 0) is 76.3 Å². The molecule has 0 radical (unpaired) electrons. The van der Waals surface area contributed by atoms with E-state index in [0.29, 0.717) is 0 Å². The Balaban J connectivity index is 1.24. The third-order valence-corrected chi connectivity index (χ3v) is 8.71. The van der Waals surface area contributed by atoms with Crippen LogP contribution >= 0.6 is 0 Å². The fourth-order valence-corrected chi connectivity index (χ4v) is 6.88. The maximum atomic E-state index is 5.08. The summed E-state index contributed by atoms with van der Waals surface area (Å²) < 4.78 is 2.42. The minimum Gasteiger partial charge on any atom is -0.309 e. The Hall–Kier alpha value is -5.28. The maximum Gasteiger partial charge on any atom is 0.160 e. The predicted octanol–water partition coefficient (Wildman–Crippen LogP) is 9.76. The van der Waals surface area contributed by atoms with Gasteiger partial charge in [0.15, 0.2) is 5.82 Å². The lowest BCUT2D eigenvalue weighted by Crippen LogP contribution is -1.98. The Morgan fingerprint density at radius 3 is 2.22 bits per heavy atom. The number of fused-ring (bicyclic) bond motifs is 2. The quantitative estimate of drug-likeness (QED) is 0.230. The normalized spacial score (nSPS) is 12.1. The van der Waals surface area contributed by atoms with Gasteiger partial charge in [-0.3, -0.25) is 0 Å². The molecule has 3 heteroatoms. The minimum atomic E-state index is 0.739. The van der Waals surface area contributed by atoms with Crippen molar-refractivity contribution >= 4 is 43.5 Å². The van der Waals surface area contributed by atoms with Crippen molar-refractivity contribution in [2.75, 3.05) is 0 Å². The highest BCUT2D eigenvalue weighted by atomic mass is 15.0. The van der Waals surface area contributed by atoms with Gasteiger partial charge in [0.05, 0.1) is 22.2 Å². The Bertz CT molecular complexity index is 2330. The van der Waals surface area contributed by atoms with E-state index in [9.17, 15) is 0 Å². The molecule has 0 spiro atoms. The zero-order valence-corrected chi connectivity index (χ0v) is 22.6. The van der Waals surface area contributed by atoms with Crippen molar-refractivity contribution in [1.82, 2.24) is 14.5 Å². The molecular formula is C38H25N3. The van der Waals surface area contributed by atoms with Gasteiger partial charge in [0.1, 0.15) is 0 Å². The molecule has 41 heavy (non-hydrogen) atoms. The van der Waals surface area contributed by atoms with Gasteiger partial charge < -0.3 is 4.57 Å². The number of aromatic nitrogens is 3. The molecule has 192 valence electrons. The largest absolute Gasteiger partial charge is 0.309 e. The topological polar surface area (TPSA) is 30.7 Å². The summed E-state index contributed by atoms with van der Waals surface area (Å²) in [5.41, 5.74) is 11.9. The summed E-state index contributed by atoms with van der Waals surface area (Å²) in [6, 6.07) is 43.3. The van der Waals surface area contributed by atoms with Gasteiger partial charge in [-0.15, -0.1) is 0 Å². The van der Waals surface area contributed by atoms with E-state index in [0.717, 1.165) is 45.7 Å². The van der Waals surface area contributed by atoms with Crippen molar-refractivity contribution in [3.8, 4) is 39.5 Å². The molecular weight excluding hydrogens is 498 g/mol. The van der Waals surface area contributed by atoms with Crippen LogP contribution in [0.1, 0.15) is 12.5 Å². The van der Waals surface area contributed by atoms with Gasteiger partial charge in [-0.2, -0.15) is 0 Å². The smallest absolute Gasteiger partial charge is 0.160 e. The van der Waals surface area contributed by atoms with E-state index in [1.54, 1.807) is 0 Å². The van der Waals surface area contributed by atoms with Crippen LogP contribution in [-0.2, 0) is 6.42 Å². The zero-order valence-electron chi connectivity index (χ0n) is 22.6. The second-order valence-electron chi connectivity index (χ2n) is 10.9. The predicted molar refractivity (Wildman–Crippen MR) is 171 cm³/mol. The molecule has 9 rings (SSSR count). The third kappa shape index (κ3) is 3.09. The Kier molecular flexibility index (Phi) is 4.59. The van der Waals surface area contributed by atoms with Crippen LogP contribution in [0.5, 0.6) is 0 Å². The summed E-state index contributed by atoms with van der Waals surface area (Å²) in [5, 5.41) is 6.53. The second-order valence-corrected chi connectivity index (χ2v) is 10.9. The van der Waals surface area contributed by atoms with Crippen molar-refractivity contribution in [2.24, 2.45) is 0 Å². The van der Waals surface area contributed by atoms with Crippen molar-refractivity contribution in [3.63, 3.8) is 0 Å². The molecule has 0 saturated carbocycles. The van der Waals surface area contributed by atoms with Gasteiger partial charge >= 0.3 is 0 Å². The molecule has 0 bridgehead atoms. The summed E-state index contributed by atoms with van der Waals surface area (Å²) in [5.74, 6) is 0.739. The highest BCUT2D eigenvalue weighted by molar-refractivity contribution is 6.34. The molecule has 0 amide bonds. The summed E-state index contributed by atoms with van der Waals surface area (Å²) in [6.07, 6.45) is 1.02. The van der Waals surface area contributed by atoms with Gasteiger partial charge in [0.25, 0.3) is 0 Å². The number of hydrogen-bond donors (Lipinski definition) is 0. The fourth-order valence-electron chi connectivity index (χ4n) is 6.88. The van der Waals surface area contributed by atoms with Crippen molar-refractivity contribution < 1.29 is 0 Å². The number of rotatable bonds is 4. The fraction of sp³-hybridized carbons (Fsp3) is 0.0526. The molecule has 0 N–H and O–H groups in total. The molecule has 1 aliphatic rings. The molecule has 1 aliphatic carbocycles. The average molecular weight is 524 g/mol. The Labute approximate surface area is 237 Å². The Morgan fingerprint density at radius 1 is 0.585 bits per heavy atom. The lowest BCUT2D eigenvalue weighted by atomic mass is 9.96. The van der Waals surface area contributed by atoms with Crippen LogP contribution in [0.3, 0.4) is 0 Å². The van der Waals surface area contributed by atoms with Crippen LogP contribution in [-0.4, -0.2) is 14.5 Å². The first-order valence-corrected chi connectivity index (χ1v) is 14.3. The van der Waals surface area contributed by atoms with E-state index < -0.39 is 0 Å². The molecule has 0 aliphatic heterocycles. The highest BCUT2D eigenvalue weighted by Crippen LogP contribution is 2.51. The van der Waals surface area contributed by atoms with E-state index in [-0.39, 0.29) is 0 Å². The molecule has 2 aromatic heterocycles. The molecule has 6 aromatic carbocycles. The lowest BCUT2D eigenvalue weighted by Gasteiger charge is -2.14. The second kappa shape index (κ2) is 8.36. The van der Waals surface area contributed by atoms with E-state index in [4.69, 9.17) is 9.97 Å². The molecule has 0 unspecified atom stereocenters. The van der Waals surface area contributed by atoms with Crippen molar-refractivity contribution in [3.05, 3.63) is 127 Å². The van der Waals surface area contributed by atoms with Crippen LogP contribution in [0.15, 0.2) is 121 Å². The number of nitrogens with zero attached hydrogens (tertiary/aromatic N) is 3. The lowest BCUT2D eigenvalue weighted by molar-refractivity contribution is 1.14. The number of para-hydroxylation sites is 1. The highest BCUT2D eigenvalue weighted by Gasteiger charge is 2.26. The van der Waals surface area contributed by atoms with Crippen LogP contribution in [0.25, 0.3) is 82.9 Å². The standard InChI is InChI=1S/C38H25N3/c1-2-23-17-21-31-35-33(23)29-13-8-11-24-18-22-32(36(35)34(24)29)41(31)27-19-15-26(16-20-27)38-39-30-14-7-6-12-28(30)37(40-38)25-9-4-3-5-10-25/h3-22H,2H2,1H3. The molecule has 0 atom stereocenters. The van der Waals surface area contributed by atoms with Crippen LogP contribution in [0, 0.1) is 0 Å². The molecule has 8 aromatic rings. The molecule has 3 nitrogen and oxygen atoms in total. The van der Waals surface area contributed by atoms with E-state index in [1.165, 1.54) is 49.3 Å². The first kappa shape index (κ1) is 22.5. The summed E-state index contributed by atoms with van der Waals surface area (Å²) in [6.45, 7) is 2.26. The Morgan fingerprint density at radius 2 is 1.37 bits per heavy atom. The average Bonchev–Trinajstić information content (AvgIpc) is 3.57. The minimum absolute atomic E-state index is 0.739. The monoisotopic (exact) mass is 523 g/mol. The zero-order chi connectivity index (χ0) is 27.1.